The van der Waals surface area contributed by atoms with Crippen molar-refractivity contribution in [1.29, 1.82) is 0 Å². The first kappa shape index (κ1) is 29.2. The Morgan fingerprint density at radius 2 is 1.58 bits per heavy atom. The van der Waals surface area contributed by atoms with Gasteiger partial charge in [-0.05, 0) is 67.3 Å². The molecule has 0 fully saturated rings. The van der Waals surface area contributed by atoms with Crippen molar-refractivity contribution in [2.75, 3.05) is 23.7 Å². The zero-order chi connectivity index (χ0) is 27.9. The molecule has 0 saturated carbocycles. The van der Waals surface area contributed by atoms with Crippen LogP contribution in [-0.4, -0.2) is 50.5 Å². The second-order valence-corrected chi connectivity index (χ2v) is 11.6. The first-order valence-electron chi connectivity index (χ1n) is 12.4. The highest BCUT2D eigenvalue weighted by atomic mass is 35.5. The molecule has 1 N–H and O–H groups in total. The number of nitrogens with one attached hydrogen (secondary N) is 1. The van der Waals surface area contributed by atoms with Crippen molar-refractivity contribution in [3.63, 3.8) is 0 Å². The molecule has 0 radical (unpaired) electrons. The Balaban J connectivity index is 2.04. The number of carbonyl (C=O) groups excluding carboxylic acids is 2. The summed E-state index contributed by atoms with van der Waals surface area (Å²) >= 11 is 6.06. The van der Waals surface area contributed by atoms with Crippen LogP contribution in [0.2, 0.25) is 5.02 Å². The number of halogens is 1. The largest absolute Gasteiger partial charge is 0.355 e. The molecule has 0 aliphatic rings. The highest BCUT2D eigenvalue weighted by molar-refractivity contribution is 7.92. The van der Waals surface area contributed by atoms with E-state index >= 15 is 0 Å². The second-order valence-electron chi connectivity index (χ2n) is 9.29. The Morgan fingerprint density at radius 3 is 2.16 bits per heavy atom. The Kier molecular flexibility index (Phi) is 9.94. The lowest BCUT2D eigenvalue weighted by Crippen LogP contribution is -2.53. The molecular formula is C29H34ClN3O4S. The minimum absolute atomic E-state index is 0.106. The first-order valence-corrected chi connectivity index (χ1v) is 14.6. The average Bonchev–Trinajstić information content (AvgIpc) is 2.87. The summed E-state index contributed by atoms with van der Waals surface area (Å²) in [5.74, 6) is -0.800. The number of carbonyl (C=O) groups is 2. The number of amides is 2. The van der Waals surface area contributed by atoms with Crippen LogP contribution in [-0.2, 0) is 32.6 Å². The quantitative estimate of drug-likeness (QED) is 0.377. The summed E-state index contributed by atoms with van der Waals surface area (Å²) in [6, 6.07) is 20.8. The fourth-order valence-corrected chi connectivity index (χ4v) is 5.09. The van der Waals surface area contributed by atoms with Gasteiger partial charge in [0.1, 0.15) is 12.6 Å². The van der Waals surface area contributed by atoms with E-state index < -0.39 is 28.5 Å². The summed E-state index contributed by atoms with van der Waals surface area (Å²) in [5.41, 5.74) is 3.96. The average molecular weight is 556 g/mol. The Labute approximate surface area is 230 Å². The molecule has 202 valence electrons. The van der Waals surface area contributed by atoms with Crippen LogP contribution in [0.1, 0.15) is 29.2 Å². The van der Waals surface area contributed by atoms with Gasteiger partial charge in [-0.15, -0.1) is 0 Å². The topological polar surface area (TPSA) is 86.8 Å². The van der Waals surface area contributed by atoms with Crippen LogP contribution in [0, 0.1) is 13.8 Å². The Hall–Kier alpha value is -3.36. The van der Waals surface area contributed by atoms with Gasteiger partial charge in [0.25, 0.3) is 0 Å². The predicted molar refractivity (Wildman–Crippen MR) is 153 cm³/mol. The number of anilines is 1. The minimum Gasteiger partial charge on any atom is -0.355 e. The minimum atomic E-state index is -3.80. The van der Waals surface area contributed by atoms with E-state index in [9.17, 15) is 18.0 Å². The van der Waals surface area contributed by atoms with Gasteiger partial charge in [-0.25, -0.2) is 8.42 Å². The molecule has 9 heteroatoms. The third kappa shape index (κ3) is 7.82. The molecule has 3 aromatic carbocycles. The highest BCUT2D eigenvalue weighted by Gasteiger charge is 2.32. The van der Waals surface area contributed by atoms with E-state index in [-0.39, 0.29) is 18.9 Å². The number of hydrogen-bond acceptors (Lipinski definition) is 4. The fourth-order valence-electron chi connectivity index (χ4n) is 4.13. The number of nitrogens with zero attached hydrogens (tertiary/aromatic N) is 2. The van der Waals surface area contributed by atoms with Crippen molar-refractivity contribution < 1.29 is 18.0 Å². The van der Waals surface area contributed by atoms with Gasteiger partial charge in [-0.1, -0.05) is 60.1 Å². The SMILES string of the molecule is CCNC(=O)C(Cc1ccccc1)N(Cc1ccc(Cl)cc1)C(=O)CN(c1ccc(C)c(C)c1)S(C)(=O)=O. The fraction of sp³-hybridized carbons (Fsp3) is 0.310. The lowest BCUT2D eigenvalue weighted by Gasteiger charge is -2.33. The zero-order valence-electron chi connectivity index (χ0n) is 22.1. The molecule has 0 saturated heterocycles. The van der Waals surface area contributed by atoms with Crippen molar-refractivity contribution in [3.8, 4) is 0 Å². The van der Waals surface area contributed by atoms with Crippen LogP contribution >= 0.6 is 11.6 Å². The Morgan fingerprint density at radius 1 is 0.921 bits per heavy atom. The molecule has 1 atom stereocenters. The van der Waals surface area contributed by atoms with Crippen LogP contribution in [0.5, 0.6) is 0 Å². The first-order chi connectivity index (χ1) is 18.0. The van der Waals surface area contributed by atoms with E-state index in [1.165, 1.54) is 4.90 Å². The third-order valence-corrected chi connectivity index (χ3v) is 7.74. The second kappa shape index (κ2) is 12.9. The molecule has 2 amide bonds. The molecule has 1 unspecified atom stereocenters. The van der Waals surface area contributed by atoms with Gasteiger partial charge < -0.3 is 10.2 Å². The lowest BCUT2D eigenvalue weighted by molar-refractivity contribution is -0.140. The summed E-state index contributed by atoms with van der Waals surface area (Å²) in [6.45, 7) is 5.69. The molecule has 3 aromatic rings. The maximum absolute atomic E-state index is 14.0. The van der Waals surface area contributed by atoms with Crippen molar-refractivity contribution in [3.05, 3.63) is 100 Å². The van der Waals surface area contributed by atoms with E-state index in [1.54, 1.807) is 36.4 Å². The normalized spacial score (nSPS) is 12.0. The van der Waals surface area contributed by atoms with E-state index in [4.69, 9.17) is 11.6 Å². The number of benzene rings is 3. The van der Waals surface area contributed by atoms with E-state index in [2.05, 4.69) is 5.32 Å². The molecule has 0 heterocycles. The number of aryl methyl sites for hydroxylation is 2. The predicted octanol–water partition coefficient (Wildman–Crippen LogP) is 4.50. The molecule has 7 nitrogen and oxygen atoms in total. The summed E-state index contributed by atoms with van der Waals surface area (Å²) < 4.78 is 26.8. The van der Waals surface area contributed by atoms with Gasteiger partial charge >= 0.3 is 0 Å². The van der Waals surface area contributed by atoms with Crippen molar-refractivity contribution in [2.24, 2.45) is 0 Å². The van der Waals surface area contributed by atoms with Crippen LogP contribution in [0.3, 0.4) is 0 Å². The van der Waals surface area contributed by atoms with Gasteiger partial charge in [-0.3, -0.25) is 13.9 Å². The van der Waals surface area contributed by atoms with Gasteiger partial charge in [0.15, 0.2) is 0 Å². The van der Waals surface area contributed by atoms with Crippen molar-refractivity contribution in [1.82, 2.24) is 10.2 Å². The monoisotopic (exact) mass is 555 g/mol. The number of hydrogen-bond donors (Lipinski definition) is 1. The lowest BCUT2D eigenvalue weighted by atomic mass is 10.0. The number of likely N-dealkylation sites (N-methyl/N-ethyl adjacent to an activating group) is 1. The maximum atomic E-state index is 14.0. The number of rotatable bonds is 11. The molecular weight excluding hydrogens is 522 g/mol. The molecule has 0 aliphatic heterocycles. The number of sulfonamides is 1. The zero-order valence-corrected chi connectivity index (χ0v) is 23.7. The van der Waals surface area contributed by atoms with E-state index in [1.807, 2.05) is 57.2 Å². The Bertz CT molecular complexity index is 1360. The molecule has 0 spiro atoms. The molecule has 0 aliphatic carbocycles. The third-order valence-electron chi connectivity index (χ3n) is 6.35. The molecule has 0 bridgehead atoms. The summed E-state index contributed by atoms with van der Waals surface area (Å²) in [5, 5.41) is 3.39. The van der Waals surface area contributed by atoms with Gasteiger partial charge in [0.05, 0.1) is 11.9 Å². The van der Waals surface area contributed by atoms with Gasteiger partial charge in [0, 0.05) is 24.5 Å². The van der Waals surface area contributed by atoms with Gasteiger partial charge in [-0.2, -0.15) is 0 Å². The summed E-state index contributed by atoms with van der Waals surface area (Å²) in [7, 11) is -3.80. The summed E-state index contributed by atoms with van der Waals surface area (Å²) in [4.78, 5) is 28.7. The molecule has 0 aromatic heterocycles. The van der Waals surface area contributed by atoms with Crippen LogP contribution in [0.15, 0.2) is 72.8 Å². The van der Waals surface area contributed by atoms with E-state index in [0.717, 1.165) is 32.8 Å². The van der Waals surface area contributed by atoms with Crippen LogP contribution in [0.25, 0.3) is 0 Å². The van der Waals surface area contributed by atoms with Crippen LogP contribution < -0.4 is 9.62 Å². The van der Waals surface area contributed by atoms with Crippen molar-refractivity contribution >= 4 is 39.1 Å². The molecule has 3 rings (SSSR count). The van der Waals surface area contributed by atoms with Crippen molar-refractivity contribution in [2.45, 2.75) is 39.8 Å². The van der Waals surface area contributed by atoms with Crippen LogP contribution in [0.4, 0.5) is 5.69 Å². The van der Waals surface area contributed by atoms with Gasteiger partial charge in [0.2, 0.25) is 21.8 Å². The maximum Gasteiger partial charge on any atom is 0.244 e. The standard InChI is InChI=1S/C29H34ClN3O4S/c1-5-31-29(35)27(18-23-9-7-6-8-10-23)32(19-24-12-14-25(30)15-13-24)28(34)20-33(38(4,36)37)26-16-11-21(2)22(3)17-26/h6-17,27H,5,18-20H2,1-4H3,(H,31,35). The highest BCUT2D eigenvalue weighted by Crippen LogP contribution is 2.23. The smallest absolute Gasteiger partial charge is 0.244 e. The molecule has 38 heavy (non-hydrogen) atoms. The summed E-state index contributed by atoms with van der Waals surface area (Å²) in [6.07, 6.45) is 1.35. The van der Waals surface area contributed by atoms with E-state index in [0.29, 0.717) is 17.3 Å².